The molecule has 0 bridgehead atoms. The van der Waals surface area contributed by atoms with Gasteiger partial charge in [0.15, 0.2) is 0 Å². The molecule has 0 unspecified atom stereocenters. The minimum absolute atomic E-state index is 0.823. The highest BCUT2D eigenvalue weighted by Gasteiger charge is 2.10. The molecule has 0 aliphatic heterocycles. The van der Waals surface area contributed by atoms with Crippen molar-refractivity contribution in [2.24, 2.45) is 0 Å². The molecule has 4 heteroatoms. The summed E-state index contributed by atoms with van der Waals surface area (Å²) in [4.78, 5) is 4.28. The minimum Gasteiger partial charge on any atom is -0.261 e. The van der Waals surface area contributed by atoms with E-state index in [1.54, 1.807) is 0 Å². The van der Waals surface area contributed by atoms with Crippen molar-refractivity contribution in [2.45, 2.75) is 27.3 Å². The van der Waals surface area contributed by atoms with Crippen LogP contribution < -0.4 is 0 Å². The lowest BCUT2D eigenvalue weighted by molar-refractivity contribution is 0.632. The molecule has 0 aliphatic carbocycles. The summed E-state index contributed by atoms with van der Waals surface area (Å²) in [5, 5.41) is 8.14. The first-order valence-electron chi connectivity index (χ1n) is 5.05. The summed E-state index contributed by atoms with van der Waals surface area (Å²) in [6.45, 7) is 6.82. The SMILES string of the molecule is CCn1nnc(C)c1-c1ccc(C)nc1. The molecule has 0 N–H and O–H groups in total. The van der Waals surface area contributed by atoms with Crippen LogP contribution in [0.5, 0.6) is 0 Å². The summed E-state index contributed by atoms with van der Waals surface area (Å²) in [5.74, 6) is 0. The molecule has 2 aromatic heterocycles. The second-order valence-corrected chi connectivity index (χ2v) is 3.53. The zero-order valence-corrected chi connectivity index (χ0v) is 9.23. The molecule has 0 saturated heterocycles. The van der Waals surface area contributed by atoms with Gasteiger partial charge in [0.1, 0.15) is 0 Å². The molecule has 2 heterocycles. The van der Waals surface area contributed by atoms with Crippen LogP contribution in [0.4, 0.5) is 0 Å². The Balaban J connectivity index is 2.52. The average Bonchev–Trinajstić information content (AvgIpc) is 2.61. The molecule has 0 aromatic carbocycles. The summed E-state index contributed by atoms with van der Waals surface area (Å²) in [7, 11) is 0. The van der Waals surface area contributed by atoms with Gasteiger partial charge in [-0.25, -0.2) is 4.68 Å². The zero-order chi connectivity index (χ0) is 10.8. The Morgan fingerprint density at radius 3 is 2.67 bits per heavy atom. The molecule has 0 fully saturated rings. The van der Waals surface area contributed by atoms with Crippen LogP contribution in [0.15, 0.2) is 18.3 Å². The summed E-state index contributed by atoms with van der Waals surface area (Å²) >= 11 is 0. The average molecular weight is 202 g/mol. The number of rotatable bonds is 2. The van der Waals surface area contributed by atoms with E-state index in [1.165, 1.54) is 0 Å². The van der Waals surface area contributed by atoms with Crippen LogP contribution in [0.1, 0.15) is 18.3 Å². The molecular formula is C11H14N4. The molecule has 0 saturated carbocycles. The standard InChI is InChI=1S/C11H14N4/c1-4-15-11(9(3)13-14-15)10-6-5-8(2)12-7-10/h5-7H,4H2,1-3H3. The Morgan fingerprint density at radius 1 is 1.27 bits per heavy atom. The van der Waals surface area contributed by atoms with E-state index in [9.17, 15) is 0 Å². The lowest BCUT2D eigenvalue weighted by Crippen LogP contribution is -2.00. The van der Waals surface area contributed by atoms with Crippen molar-refractivity contribution in [3.05, 3.63) is 29.7 Å². The van der Waals surface area contributed by atoms with Crippen molar-refractivity contribution >= 4 is 0 Å². The smallest absolute Gasteiger partial charge is 0.0930 e. The highest BCUT2D eigenvalue weighted by atomic mass is 15.4. The van der Waals surface area contributed by atoms with Crippen molar-refractivity contribution in [2.75, 3.05) is 0 Å². The molecule has 0 radical (unpaired) electrons. The maximum absolute atomic E-state index is 4.28. The number of pyridine rings is 1. The van der Waals surface area contributed by atoms with Crippen molar-refractivity contribution in [3.63, 3.8) is 0 Å². The number of hydrogen-bond acceptors (Lipinski definition) is 3. The number of aryl methyl sites for hydroxylation is 3. The number of aromatic nitrogens is 4. The van der Waals surface area contributed by atoms with Gasteiger partial charge in [-0.1, -0.05) is 5.21 Å². The first kappa shape index (κ1) is 9.83. The molecule has 0 amide bonds. The zero-order valence-electron chi connectivity index (χ0n) is 9.23. The van der Waals surface area contributed by atoms with E-state index in [0.29, 0.717) is 0 Å². The molecule has 0 atom stereocenters. The fourth-order valence-corrected chi connectivity index (χ4v) is 1.59. The Morgan fingerprint density at radius 2 is 2.07 bits per heavy atom. The molecule has 2 rings (SSSR count). The lowest BCUT2D eigenvalue weighted by Gasteiger charge is -2.04. The quantitative estimate of drug-likeness (QED) is 0.747. The summed E-state index contributed by atoms with van der Waals surface area (Å²) in [6.07, 6.45) is 1.87. The Hall–Kier alpha value is -1.71. The van der Waals surface area contributed by atoms with E-state index >= 15 is 0 Å². The normalized spacial score (nSPS) is 10.6. The monoisotopic (exact) mass is 202 g/mol. The number of hydrogen-bond donors (Lipinski definition) is 0. The van der Waals surface area contributed by atoms with E-state index in [1.807, 2.05) is 30.8 Å². The largest absolute Gasteiger partial charge is 0.261 e. The Bertz CT molecular complexity index is 456. The van der Waals surface area contributed by atoms with E-state index in [4.69, 9.17) is 0 Å². The van der Waals surface area contributed by atoms with E-state index in [0.717, 1.165) is 29.2 Å². The minimum atomic E-state index is 0.823. The topological polar surface area (TPSA) is 43.6 Å². The van der Waals surface area contributed by atoms with Gasteiger partial charge in [-0.3, -0.25) is 4.98 Å². The second kappa shape index (κ2) is 3.81. The van der Waals surface area contributed by atoms with E-state index in [-0.39, 0.29) is 0 Å². The third kappa shape index (κ3) is 1.75. The van der Waals surface area contributed by atoms with Gasteiger partial charge in [0.05, 0.1) is 11.4 Å². The molecule has 15 heavy (non-hydrogen) atoms. The van der Waals surface area contributed by atoms with Crippen LogP contribution in [-0.4, -0.2) is 20.0 Å². The van der Waals surface area contributed by atoms with Gasteiger partial charge in [0.2, 0.25) is 0 Å². The third-order valence-electron chi connectivity index (χ3n) is 2.39. The van der Waals surface area contributed by atoms with Crippen LogP contribution in [0.25, 0.3) is 11.3 Å². The number of nitrogens with zero attached hydrogens (tertiary/aromatic N) is 4. The maximum atomic E-state index is 4.28. The van der Waals surface area contributed by atoms with Crippen LogP contribution in [0.3, 0.4) is 0 Å². The first-order chi connectivity index (χ1) is 7.22. The van der Waals surface area contributed by atoms with E-state index < -0.39 is 0 Å². The summed E-state index contributed by atoms with van der Waals surface area (Å²) in [6, 6.07) is 4.06. The first-order valence-corrected chi connectivity index (χ1v) is 5.05. The van der Waals surface area contributed by atoms with Crippen molar-refractivity contribution in [1.82, 2.24) is 20.0 Å². The molecule has 4 nitrogen and oxygen atoms in total. The second-order valence-electron chi connectivity index (χ2n) is 3.53. The lowest BCUT2D eigenvalue weighted by atomic mass is 10.1. The van der Waals surface area contributed by atoms with Gasteiger partial charge < -0.3 is 0 Å². The highest BCUT2D eigenvalue weighted by Crippen LogP contribution is 2.20. The van der Waals surface area contributed by atoms with Gasteiger partial charge in [-0.05, 0) is 32.9 Å². The maximum Gasteiger partial charge on any atom is 0.0930 e. The Labute approximate surface area is 89.0 Å². The van der Waals surface area contributed by atoms with Gasteiger partial charge in [0, 0.05) is 24.0 Å². The third-order valence-corrected chi connectivity index (χ3v) is 2.39. The van der Waals surface area contributed by atoms with Crippen LogP contribution >= 0.6 is 0 Å². The fourth-order valence-electron chi connectivity index (χ4n) is 1.59. The van der Waals surface area contributed by atoms with Crippen molar-refractivity contribution in [3.8, 4) is 11.3 Å². The van der Waals surface area contributed by atoms with Crippen LogP contribution in [0.2, 0.25) is 0 Å². The predicted octanol–water partition coefficient (Wildman–Crippen LogP) is 1.98. The molecule has 78 valence electrons. The van der Waals surface area contributed by atoms with Gasteiger partial charge in [0.25, 0.3) is 0 Å². The summed E-state index contributed by atoms with van der Waals surface area (Å²) in [5.41, 5.74) is 4.10. The molecule has 0 spiro atoms. The molecular weight excluding hydrogens is 188 g/mol. The van der Waals surface area contributed by atoms with Crippen molar-refractivity contribution in [1.29, 1.82) is 0 Å². The molecule has 0 aliphatic rings. The van der Waals surface area contributed by atoms with Gasteiger partial charge in [-0.2, -0.15) is 0 Å². The molecule has 2 aromatic rings. The van der Waals surface area contributed by atoms with E-state index in [2.05, 4.69) is 28.3 Å². The van der Waals surface area contributed by atoms with Crippen LogP contribution in [0, 0.1) is 13.8 Å². The van der Waals surface area contributed by atoms with Crippen molar-refractivity contribution < 1.29 is 0 Å². The summed E-state index contributed by atoms with van der Waals surface area (Å²) < 4.78 is 1.89. The predicted molar refractivity (Wildman–Crippen MR) is 58.4 cm³/mol. The Kier molecular flexibility index (Phi) is 2.49. The highest BCUT2D eigenvalue weighted by molar-refractivity contribution is 5.60. The fraction of sp³-hybridized carbons (Fsp3) is 0.364. The van der Waals surface area contributed by atoms with Gasteiger partial charge in [-0.15, -0.1) is 5.10 Å². The van der Waals surface area contributed by atoms with Gasteiger partial charge >= 0.3 is 0 Å². The van der Waals surface area contributed by atoms with Crippen LogP contribution in [-0.2, 0) is 6.54 Å².